The van der Waals surface area contributed by atoms with Gasteiger partial charge in [0.1, 0.15) is 4.21 Å². The van der Waals surface area contributed by atoms with Crippen LogP contribution in [0.2, 0.25) is 0 Å². The summed E-state index contributed by atoms with van der Waals surface area (Å²) in [5.74, 6) is 5.15. The predicted octanol–water partition coefficient (Wildman–Crippen LogP) is 0.599. The highest BCUT2D eigenvalue weighted by atomic mass is 32.2. The van der Waals surface area contributed by atoms with Crippen LogP contribution in [0.15, 0.2) is 10.3 Å². The summed E-state index contributed by atoms with van der Waals surface area (Å²) in [6.07, 6.45) is 0.529. The molecule has 11 heteroatoms. The van der Waals surface area contributed by atoms with E-state index in [1.165, 1.54) is 14.2 Å². The van der Waals surface area contributed by atoms with E-state index >= 15 is 0 Å². The second kappa shape index (κ2) is 6.95. The van der Waals surface area contributed by atoms with Gasteiger partial charge >= 0.3 is 5.69 Å². The monoisotopic (exact) mass is 324 g/mol. The van der Waals surface area contributed by atoms with Crippen LogP contribution >= 0.6 is 11.3 Å². The molecule has 1 aromatic heterocycles. The molecule has 0 amide bonds. The number of rotatable bonds is 8. The number of nitrogens with one attached hydrogen (secondary N) is 1. The lowest BCUT2D eigenvalue weighted by atomic mass is 10.5. The van der Waals surface area contributed by atoms with Crippen molar-refractivity contribution in [2.45, 2.75) is 10.6 Å². The van der Waals surface area contributed by atoms with Crippen molar-refractivity contribution >= 4 is 32.0 Å². The lowest BCUT2D eigenvalue weighted by Gasteiger charge is -2.15. The third-order valence-corrected chi connectivity index (χ3v) is 5.87. The summed E-state index contributed by atoms with van der Waals surface area (Å²) in [6, 6.07) is 1.00. The summed E-state index contributed by atoms with van der Waals surface area (Å²) < 4.78 is 30.3. The summed E-state index contributed by atoms with van der Waals surface area (Å²) in [5, 5.41) is 10.8. The van der Waals surface area contributed by atoms with E-state index in [9.17, 15) is 18.5 Å². The minimum atomic E-state index is -3.77. The van der Waals surface area contributed by atoms with Gasteiger partial charge in [0, 0.05) is 33.4 Å². The zero-order chi connectivity index (χ0) is 15.3. The largest absolute Gasteiger partial charge is 0.385 e. The molecule has 0 fully saturated rings. The van der Waals surface area contributed by atoms with Crippen LogP contribution in [0.25, 0.3) is 0 Å². The van der Waals surface area contributed by atoms with Crippen LogP contribution in [0.3, 0.4) is 0 Å². The van der Waals surface area contributed by atoms with Crippen LogP contribution in [0, 0.1) is 10.1 Å². The van der Waals surface area contributed by atoms with Crippen molar-refractivity contribution in [1.82, 2.24) is 4.31 Å². The van der Waals surface area contributed by atoms with Crippen LogP contribution in [0.5, 0.6) is 0 Å². The minimum absolute atomic E-state index is 0.00105. The van der Waals surface area contributed by atoms with Crippen LogP contribution in [-0.2, 0) is 14.8 Å². The number of hydrogen-bond donors (Lipinski definition) is 2. The average molecular weight is 324 g/mol. The Balaban J connectivity index is 3.00. The Morgan fingerprint density at radius 3 is 2.70 bits per heavy atom. The Hall–Kier alpha value is -1.27. The number of nitrogen functional groups attached to an aromatic ring is 1. The van der Waals surface area contributed by atoms with Crippen LogP contribution < -0.4 is 11.3 Å². The molecule has 0 saturated carbocycles. The van der Waals surface area contributed by atoms with E-state index in [4.69, 9.17) is 10.6 Å². The van der Waals surface area contributed by atoms with Gasteiger partial charge in [0.05, 0.1) is 4.92 Å². The van der Waals surface area contributed by atoms with Crippen LogP contribution in [-0.4, -0.2) is 45.0 Å². The molecule has 1 rings (SSSR count). The summed E-state index contributed by atoms with van der Waals surface area (Å²) in [5.41, 5.74) is 1.77. The standard InChI is InChI=1S/C9H16N4O5S2/c1-12(4-3-5-18-2)20(16,17)8-6-7(13(14)15)9(11-10)19-8/h6,11H,3-5,10H2,1-2H3. The number of hydrogen-bond acceptors (Lipinski definition) is 8. The van der Waals surface area contributed by atoms with E-state index in [1.807, 2.05) is 0 Å². The van der Waals surface area contributed by atoms with E-state index in [-0.39, 0.29) is 21.4 Å². The first-order valence-corrected chi connectivity index (χ1v) is 7.80. The van der Waals surface area contributed by atoms with E-state index in [2.05, 4.69) is 5.43 Å². The van der Waals surface area contributed by atoms with Crippen molar-refractivity contribution in [1.29, 1.82) is 0 Å². The Bertz CT molecular complexity index is 571. The van der Waals surface area contributed by atoms with Gasteiger partial charge < -0.3 is 10.2 Å². The number of nitrogens with zero attached hydrogens (tertiary/aromatic N) is 2. The fourth-order valence-electron chi connectivity index (χ4n) is 1.43. The summed E-state index contributed by atoms with van der Waals surface area (Å²) >= 11 is 0.724. The maximum absolute atomic E-state index is 12.2. The molecule has 9 nitrogen and oxygen atoms in total. The second-order valence-corrected chi connectivity index (χ2v) is 7.18. The van der Waals surface area contributed by atoms with Gasteiger partial charge in [-0.3, -0.25) is 10.1 Å². The number of hydrazine groups is 1. The highest BCUT2D eigenvalue weighted by Gasteiger charge is 2.28. The van der Waals surface area contributed by atoms with Gasteiger partial charge in [-0.05, 0) is 6.42 Å². The Morgan fingerprint density at radius 2 is 2.25 bits per heavy atom. The zero-order valence-corrected chi connectivity index (χ0v) is 12.7. The molecule has 0 radical (unpaired) electrons. The van der Waals surface area contributed by atoms with Gasteiger partial charge in [-0.15, -0.1) is 0 Å². The number of nitrogens with two attached hydrogens (primary N) is 1. The molecule has 0 bridgehead atoms. The Kier molecular flexibility index (Phi) is 5.83. The molecule has 0 aliphatic carbocycles. The van der Waals surface area contributed by atoms with E-state index in [1.54, 1.807) is 0 Å². The summed E-state index contributed by atoms with van der Waals surface area (Å²) in [4.78, 5) is 10.1. The predicted molar refractivity (Wildman–Crippen MR) is 75.1 cm³/mol. The molecule has 0 saturated heterocycles. The average Bonchev–Trinajstić information content (AvgIpc) is 2.83. The maximum Gasteiger partial charge on any atom is 0.306 e. The van der Waals surface area contributed by atoms with Crippen LogP contribution in [0.4, 0.5) is 10.7 Å². The second-order valence-electron chi connectivity index (χ2n) is 3.85. The molecule has 1 aromatic rings. The first-order chi connectivity index (χ1) is 9.34. The molecule has 0 aliphatic heterocycles. The number of methoxy groups -OCH3 is 1. The molecule has 3 N–H and O–H groups in total. The number of sulfonamides is 1. The lowest BCUT2D eigenvalue weighted by Crippen LogP contribution is -2.28. The van der Waals surface area contributed by atoms with Crippen molar-refractivity contribution < 1.29 is 18.1 Å². The molecule has 0 spiro atoms. The van der Waals surface area contributed by atoms with Gasteiger partial charge in [-0.1, -0.05) is 11.3 Å². The van der Waals surface area contributed by atoms with E-state index in [0.717, 1.165) is 21.7 Å². The van der Waals surface area contributed by atoms with Crippen molar-refractivity contribution in [3.63, 3.8) is 0 Å². The minimum Gasteiger partial charge on any atom is -0.385 e. The van der Waals surface area contributed by atoms with Gasteiger partial charge in [0.15, 0.2) is 5.00 Å². The number of thiophene rings is 1. The number of ether oxygens (including phenoxy) is 1. The normalized spacial score (nSPS) is 11.8. The number of nitro groups is 1. The van der Waals surface area contributed by atoms with Crippen molar-refractivity contribution in [3.8, 4) is 0 Å². The van der Waals surface area contributed by atoms with Gasteiger partial charge in [0.25, 0.3) is 10.0 Å². The fourth-order valence-corrected chi connectivity index (χ4v) is 4.09. The molecular formula is C9H16N4O5S2. The molecule has 0 atom stereocenters. The first-order valence-electron chi connectivity index (χ1n) is 5.54. The smallest absolute Gasteiger partial charge is 0.306 e. The quantitative estimate of drug-likeness (QED) is 0.310. The van der Waals surface area contributed by atoms with Gasteiger partial charge in [0.2, 0.25) is 0 Å². The van der Waals surface area contributed by atoms with E-state index in [0.29, 0.717) is 13.0 Å². The molecule has 20 heavy (non-hydrogen) atoms. The van der Waals surface area contributed by atoms with Crippen LogP contribution in [0.1, 0.15) is 6.42 Å². The first kappa shape index (κ1) is 16.8. The third-order valence-electron chi connectivity index (χ3n) is 2.50. The Morgan fingerprint density at radius 1 is 1.60 bits per heavy atom. The van der Waals surface area contributed by atoms with Crippen molar-refractivity contribution in [2.75, 3.05) is 32.7 Å². The van der Waals surface area contributed by atoms with Crippen molar-refractivity contribution in [3.05, 3.63) is 16.2 Å². The third kappa shape index (κ3) is 3.64. The fraction of sp³-hybridized carbons (Fsp3) is 0.556. The molecule has 114 valence electrons. The van der Waals surface area contributed by atoms with Crippen molar-refractivity contribution in [2.24, 2.45) is 5.84 Å². The molecular weight excluding hydrogens is 308 g/mol. The molecule has 1 heterocycles. The summed E-state index contributed by atoms with van der Waals surface area (Å²) in [7, 11) is -0.835. The zero-order valence-electron chi connectivity index (χ0n) is 11.0. The van der Waals surface area contributed by atoms with Gasteiger partial charge in [-0.25, -0.2) is 18.6 Å². The SMILES string of the molecule is COCCCN(C)S(=O)(=O)c1cc([N+](=O)[O-])c(NN)s1. The molecule has 0 unspecified atom stereocenters. The highest BCUT2D eigenvalue weighted by Crippen LogP contribution is 2.37. The Labute approximate surface area is 120 Å². The topological polar surface area (TPSA) is 128 Å². The lowest BCUT2D eigenvalue weighted by molar-refractivity contribution is -0.383. The van der Waals surface area contributed by atoms with Gasteiger partial charge in [-0.2, -0.15) is 0 Å². The van der Waals surface area contributed by atoms with E-state index < -0.39 is 14.9 Å². The molecule has 0 aliphatic rings. The summed E-state index contributed by atoms with van der Waals surface area (Å²) in [6.45, 7) is 0.688. The maximum atomic E-state index is 12.2. The molecule has 0 aromatic carbocycles. The highest BCUT2D eigenvalue weighted by molar-refractivity contribution is 7.91. The number of anilines is 1.